The van der Waals surface area contributed by atoms with Gasteiger partial charge in [0.1, 0.15) is 0 Å². The third kappa shape index (κ3) is 7.99. The molecule has 2 unspecified atom stereocenters. The minimum Gasteiger partial charge on any atom is -0.352 e. The maximum Gasteiger partial charge on any atom is 0.234 e. The number of carbonyl (C=O) groups is 1. The van der Waals surface area contributed by atoms with Crippen LogP contribution >= 0.6 is 11.8 Å². The quantitative estimate of drug-likeness (QED) is 0.643. The summed E-state index contributed by atoms with van der Waals surface area (Å²) < 4.78 is 0. The highest BCUT2D eigenvalue weighted by Gasteiger charge is 2.09. The largest absolute Gasteiger partial charge is 0.352 e. The summed E-state index contributed by atoms with van der Waals surface area (Å²) >= 11 is 1.86. The van der Waals surface area contributed by atoms with Gasteiger partial charge in [-0.25, -0.2) is 0 Å². The van der Waals surface area contributed by atoms with Crippen molar-refractivity contribution >= 4 is 17.7 Å². The Morgan fingerprint density at radius 3 is 2.38 bits per heavy atom. The van der Waals surface area contributed by atoms with Crippen LogP contribution in [-0.2, 0) is 4.79 Å². The molecule has 0 aliphatic heterocycles. The molecule has 2 N–H and O–H groups in total. The number of hydrogen-bond acceptors (Lipinski definition) is 3. The van der Waals surface area contributed by atoms with Crippen molar-refractivity contribution in [1.82, 2.24) is 10.6 Å². The van der Waals surface area contributed by atoms with Gasteiger partial charge < -0.3 is 10.6 Å². The molecule has 1 amide bonds. The lowest BCUT2D eigenvalue weighted by Gasteiger charge is -2.17. The Hall–Kier alpha value is -0.220. The van der Waals surface area contributed by atoms with Gasteiger partial charge >= 0.3 is 0 Å². The highest BCUT2D eigenvalue weighted by atomic mass is 32.2. The molecule has 2 atom stereocenters. The smallest absolute Gasteiger partial charge is 0.234 e. The molecule has 0 saturated carbocycles. The molecule has 0 bridgehead atoms. The van der Waals surface area contributed by atoms with Crippen LogP contribution in [0.15, 0.2) is 0 Å². The first kappa shape index (κ1) is 15.8. The van der Waals surface area contributed by atoms with Crippen molar-refractivity contribution in [2.24, 2.45) is 5.92 Å². The van der Waals surface area contributed by atoms with Crippen molar-refractivity contribution in [2.75, 3.05) is 19.3 Å². The van der Waals surface area contributed by atoms with Gasteiger partial charge in [0, 0.05) is 11.3 Å². The number of rotatable bonds is 8. The molecule has 0 saturated heterocycles. The first-order valence-corrected chi connectivity index (χ1v) is 7.29. The van der Waals surface area contributed by atoms with Crippen LogP contribution in [0.1, 0.15) is 34.1 Å². The number of carbonyl (C=O) groups excluding carboxylic acids is 1. The molecule has 3 nitrogen and oxygen atoms in total. The van der Waals surface area contributed by atoms with Crippen LogP contribution in [0.25, 0.3) is 0 Å². The van der Waals surface area contributed by atoms with Gasteiger partial charge in [-0.15, -0.1) is 0 Å². The maximum atomic E-state index is 11.5. The van der Waals surface area contributed by atoms with Crippen LogP contribution in [-0.4, -0.2) is 36.5 Å². The molecule has 0 aromatic carbocycles. The van der Waals surface area contributed by atoms with Crippen LogP contribution in [0.2, 0.25) is 0 Å². The molecular formula is C12H26N2OS. The van der Waals surface area contributed by atoms with Crippen molar-refractivity contribution in [2.45, 2.75) is 45.4 Å². The molecule has 0 aromatic heterocycles. The Balaban J connectivity index is 3.51. The summed E-state index contributed by atoms with van der Waals surface area (Å²) in [6.07, 6.45) is 3.22. The van der Waals surface area contributed by atoms with E-state index in [0.717, 1.165) is 13.0 Å². The normalized spacial score (nSPS) is 14.9. The minimum atomic E-state index is 0.0954. The zero-order valence-electron chi connectivity index (χ0n) is 11.2. The molecule has 0 rings (SSSR count). The Bertz CT molecular complexity index is 197. The van der Waals surface area contributed by atoms with Gasteiger partial charge in [-0.2, -0.15) is 11.8 Å². The second-order valence-corrected chi connectivity index (χ2v) is 5.89. The molecule has 0 aromatic rings. The van der Waals surface area contributed by atoms with Crippen LogP contribution < -0.4 is 10.6 Å². The second kappa shape index (κ2) is 8.88. The zero-order valence-corrected chi connectivity index (χ0v) is 12.0. The molecule has 0 aliphatic rings. The van der Waals surface area contributed by atoms with Gasteiger partial charge in [0.2, 0.25) is 5.91 Å². The van der Waals surface area contributed by atoms with Crippen molar-refractivity contribution in [1.29, 1.82) is 0 Å². The van der Waals surface area contributed by atoms with Gasteiger partial charge in [0.05, 0.1) is 6.54 Å². The van der Waals surface area contributed by atoms with Crippen molar-refractivity contribution in [3.05, 3.63) is 0 Å². The van der Waals surface area contributed by atoms with Crippen molar-refractivity contribution < 1.29 is 4.79 Å². The summed E-state index contributed by atoms with van der Waals surface area (Å²) in [5, 5.41) is 6.80. The Labute approximate surface area is 104 Å². The molecular weight excluding hydrogens is 220 g/mol. The van der Waals surface area contributed by atoms with E-state index in [-0.39, 0.29) is 11.9 Å². The summed E-state index contributed by atoms with van der Waals surface area (Å²) in [4.78, 5) is 11.5. The van der Waals surface area contributed by atoms with E-state index in [9.17, 15) is 4.79 Å². The van der Waals surface area contributed by atoms with E-state index >= 15 is 0 Å². The fraction of sp³-hybridized carbons (Fsp3) is 0.917. The Morgan fingerprint density at radius 1 is 1.25 bits per heavy atom. The van der Waals surface area contributed by atoms with Crippen LogP contribution in [0.5, 0.6) is 0 Å². The lowest BCUT2D eigenvalue weighted by atomic mass is 10.1. The maximum absolute atomic E-state index is 11.5. The monoisotopic (exact) mass is 246 g/mol. The predicted molar refractivity (Wildman–Crippen MR) is 72.9 cm³/mol. The summed E-state index contributed by atoms with van der Waals surface area (Å²) in [7, 11) is 0. The van der Waals surface area contributed by atoms with E-state index < -0.39 is 0 Å². The van der Waals surface area contributed by atoms with Gasteiger partial charge in [0.15, 0.2) is 0 Å². The fourth-order valence-electron chi connectivity index (χ4n) is 1.10. The summed E-state index contributed by atoms with van der Waals surface area (Å²) in [5.74, 6) is 0.582. The Morgan fingerprint density at radius 2 is 1.88 bits per heavy atom. The number of amides is 1. The van der Waals surface area contributed by atoms with Gasteiger partial charge in [0.25, 0.3) is 0 Å². The summed E-state index contributed by atoms with van der Waals surface area (Å²) in [5.41, 5.74) is 0. The molecule has 0 radical (unpaired) electrons. The van der Waals surface area contributed by atoms with Gasteiger partial charge in [-0.05, 0) is 32.1 Å². The van der Waals surface area contributed by atoms with Gasteiger partial charge in [-0.3, -0.25) is 4.79 Å². The first-order chi connectivity index (χ1) is 7.47. The second-order valence-electron chi connectivity index (χ2n) is 4.61. The minimum absolute atomic E-state index is 0.0954. The number of hydrogen-bond donors (Lipinski definition) is 2. The van der Waals surface area contributed by atoms with Crippen LogP contribution in [0.3, 0.4) is 0 Å². The number of nitrogens with one attached hydrogen (secondary N) is 2. The molecule has 0 spiro atoms. The molecule has 0 fully saturated rings. The van der Waals surface area contributed by atoms with Crippen LogP contribution in [0, 0.1) is 5.92 Å². The summed E-state index contributed by atoms with van der Waals surface area (Å²) in [6, 6.07) is 0.249. The Kier molecular flexibility index (Phi) is 8.76. The number of thioether (sulfide) groups is 1. The fourth-order valence-corrected chi connectivity index (χ4v) is 1.45. The average Bonchev–Trinajstić information content (AvgIpc) is 2.23. The van der Waals surface area contributed by atoms with Gasteiger partial charge in [-0.1, -0.05) is 20.8 Å². The SMILES string of the molecule is CSC(C)CCNCC(=O)NC(C)C(C)C. The lowest BCUT2D eigenvalue weighted by Crippen LogP contribution is -2.41. The van der Waals surface area contributed by atoms with E-state index in [0.29, 0.717) is 17.7 Å². The first-order valence-electron chi connectivity index (χ1n) is 6.00. The molecule has 0 heterocycles. The van der Waals surface area contributed by atoms with Crippen molar-refractivity contribution in [3.63, 3.8) is 0 Å². The van der Waals surface area contributed by atoms with Crippen molar-refractivity contribution in [3.8, 4) is 0 Å². The van der Waals surface area contributed by atoms with E-state index in [1.807, 2.05) is 18.7 Å². The van der Waals surface area contributed by atoms with E-state index in [4.69, 9.17) is 0 Å². The molecule has 4 heteroatoms. The van der Waals surface area contributed by atoms with E-state index in [2.05, 4.69) is 37.7 Å². The lowest BCUT2D eigenvalue weighted by molar-refractivity contribution is -0.121. The topological polar surface area (TPSA) is 41.1 Å². The van der Waals surface area contributed by atoms with E-state index in [1.54, 1.807) is 0 Å². The average molecular weight is 246 g/mol. The molecule has 16 heavy (non-hydrogen) atoms. The third-order valence-corrected chi connectivity index (χ3v) is 3.84. The highest BCUT2D eigenvalue weighted by molar-refractivity contribution is 7.99. The summed E-state index contributed by atoms with van der Waals surface area (Å²) in [6.45, 7) is 9.80. The molecule has 0 aliphatic carbocycles. The van der Waals surface area contributed by atoms with E-state index in [1.165, 1.54) is 0 Å². The highest BCUT2D eigenvalue weighted by Crippen LogP contribution is 2.07. The third-order valence-electron chi connectivity index (χ3n) is 2.80. The predicted octanol–water partition coefficient (Wildman–Crippen LogP) is 1.88. The van der Waals surface area contributed by atoms with Crippen LogP contribution in [0.4, 0.5) is 0 Å². The standard InChI is InChI=1S/C12H26N2OS/c1-9(2)11(4)14-12(15)8-13-7-6-10(3)16-5/h9-11,13H,6-8H2,1-5H3,(H,14,15). The molecule has 96 valence electrons. The zero-order chi connectivity index (χ0) is 12.6.